The van der Waals surface area contributed by atoms with E-state index in [2.05, 4.69) is 0 Å². The zero-order valence-corrected chi connectivity index (χ0v) is 10.7. The van der Waals surface area contributed by atoms with Crippen molar-refractivity contribution in [3.05, 3.63) is 24.3 Å². The van der Waals surface area contributed by atoms with Gasteiger partial charge in [-0.25, -0.2) is 4.79 Å². The van der Waals surface area contributed by atoms with Gasteiger partial charge in [0.05, 0.1) is 18.3 Å². The summed E-state index contributed by atoms with van der Waals surface area (Å²) < 4.78 is 5.84. The number of hydrogen-bond acceptors (Lipinski definition) is 3. The van der Waals surface area contributed by atoms with Gasteiger partial charge >= 0.3 is 6.03 Å². The topological polar surface area (TPSA) is 58.8 Å². The van der Waals surface area contributed by atoms with Gasteiger partial charge in [-0.2, -0.15) is 0 Å². The molecular formula is C12H13N3O2S. The monoisotopic (exact) mass is 263 g/mol. The Morgan fingerprint density at radius 2 is 2.22 bits per heavy atom. The lowest BCUT2D eigenvalue weighted by Gasteiger charge is -2.36. The number of urea groups is 1. The first-order chi connectivity index (χ1) is 8.59. The fraction of sp³-hybridized carbons (Fsp3) is 0.333. The number of thiocarbonyl (C=S) groups is 1. The number of benzene rings is 1. The van der Waals surface area contributed by atoms with Crippen LogP contribution in [0.25, 0.3) is 0 Å². The number of ether oxygens (including phenoxy) is 1. The summed E-state index contributed by atoms with van der Waals surface area (Å²) in [6.07, 6.45) is -0.0396. The van der Waals surface area contributed by atoms with Crippen molar-refractivity contribution in [1.82, 2.24) is 4.90 Å². The van der Waals surface area contributed by atoms with E-state index in [-0.39, 0.29) is 12.1 Å². The molecule has 5 nitrogen and oxygen atoms in total. The maximum absolute atomic E-state index is 11.4. The van der Waals surface area contributed by atoms with Crippen molar-refractivity contribution in [2.24, 2.45) is 5.73 Å². The largest absolute Gasteiger partial charge is 0.486 e. The van der Waals surface area contributed by atoms with Crippen LogP contribution in [0, 0.1) is 0 Å². The van der Waals surface area contributed by atoms with Crippen molar-refractivity contribution in [2.75, 3.05) is 11.4 Å². The number of nitrogens with zero attached hydrogens (tertiary/aromatic N) is 2. The minimum Gasteiger partial charge on any atom is -0.486 e. The standard InChI is InChI=1S/C12H13N3O2S/c1-7-9-6-14(11(13)16)12(18)15(9)8-4-2-3-5-10(8)17-7/h2-5,7,9H,6H2,1H3,(H2,13,16). The molecule has 0 saturated carbocycles. The SMILES string of the molecule is CC1Oc2ccccc2N2C(=S)N(C(N)=O)CC12. The quantitative estimate of drug-likeness (QED) is 0.717. The average Bonchev–Trinajstić information content (AvgIpc) is 2.69. The maximum atomic E-state index is 11.4. The first-order valence-corrected chi connectivity index (χ1v) is 6.16. The van der Waals surface area contributed by atoms with Crippen LogP contribution in [0.15, 0.2) is 24.3 Å². The number of fused-ring (bicyclic) bond motifs is 3. The van der Waals surface area contributed by atoms with Crippen molar-refractivity contribution >= 4 is 29.0 Å². The summed E-state index contributed by atoms with van der Waals surface area (Å²) in [5.41, 5.74) is 6.24. The molecule has 0 aliphatic carbocycles. The minimum atomic E-state index is -0.515. The highest BCUT2D eigenvalue weighted by Crippen LogP contribution is 2.39. The number of hydrogen-bond donors (Lipinski definition) is 1. The Morgan fingerprint density at radius 3 is 2.94 bits per heavy atom. The van der Waals surface area contributed by atoms with Gasteiger partial charge in [0.2, 0.25) is 0 Å². The van der Waals surface area contributed by atoms with Crippen LogP contribution in [0.5, 0.6) is 5.75 Å². The Balaban J connectivity index is 2.07. The highest BCUT2D eigenvalue weighted by molar-refractivity contribution is 7.80. The van der Waals surface area contributed by atoms with E-state index in [1.807, 2.05) is 36.1 Å². The average molecular weight is 263 g/mol. The van der Waals surface area contributed by atoms with E-state index in [1.165, 1.54) is 4.90 Å². The van der Waals surface area contributed by atoms with Crippen molar-refractivity contribution in [3.8, 4) is 5.75 Å². The molecule has 1 fully saturated rings. The molecule has 1 aromatic rings. The highest BCUT2D eigenvalue weighted by Gasteiger charge is 2.45. The van der Waals surface area contributed by atoms with Gasteiger partial charge in [0.15, 0.2) is 5.11 Å². The molecule has 2 aliphatic heterocycles. The summed E-state index contributed by atoms with van der Waals surface area (Å²) in [6, 6.07) is 7.18. The lowest BCUT2D eigenvalue weighted by Crippen LogP contribution is -2.47. The normalized spacial score (nSPS) is 25.5. The smallest absolute Gasteiger partial charge is 0.321 e. The van der Waals surface area contributed by atoms with Crippen molar-refractivity contribution in [3.63, 3.8) is 0 Å². The third-order valence-electron chi connectivity index (χ3n) is 3.38. The zero-order chi connectivity index (χ0) is 12.9. The zero-order valence-electron chi connectivity index (χ0n) is 9.87. The van der Waals surface area contributed by atoms with Crippen LogP contribution in [-0.2, 0) is 0 Å². The molecule has 2 heterocycles. The van der Waals surface area contributed by atoms with Crippen molar-refractivity contribution in [1.29, 1.82) is 0 Å². The van der Waals surface area contributed by atoms with E-state index < -0.39 is 6.03 Å². The summed E-state index contributed by atoms with van der Waals surface area (Å²) in [4.78, 5) is 14.7. The van der Waals surface area contributed by atoms with Gasteiger partial charge in [-0.15, -0.1) is 0 Å². The fourth-order valence-corrected chi connectivity index (χ4v) is 2.88. The molecule has 2 aliphatic rings. The van der Waals surface area contributed by atoms with E-state index >= 15 is 0 Å². The van der Waals surface area contributed by atoms with Gasteiger partial charge in [0.25, 0.3) is 0 Å². The summed E-state index contributed by atoms with van der Waals surface area (Å²) in [6.45, 7) is 2.45. The Bertz CT molecular complexity index is 534. The second kappa shape index (κ2) is 3.84. The third kappa shape index (κ3) is 1.45. The molecule has 0 radical (unpaired) electrons. The fourth-order valence-electron chi connectivity index (χ4n) is 2.48. The van der Waals surface area contributed by atoms with Crippen LogP contribution in [0.3, 0.4) is 0 Å². The van der Waals surface area contributed by atoms with Gasteiger partial charge in [0.1, 0.15) is 11.9 Å². The van der Waals surface area contributed by atoms with Gasteiger partial charge in [-0.3, -0.25) is 4.90 Å². The first kappa shape index (κ1) is 11.3. The Morgan fingerprint density at radius 1 is 1.50 bits per heavy atom. The minimum absolute atomic E-state index is 0.0277. The van der Waals surface area contributed by atoms with E-state index in [0.29, 0.717) is 11.7 Å². The predicted octanol–water partition coefficient (Wildman–Crippen LogP) is 1.32. The van der Waals surface area contributed by atoms with Crippen molar-refractivity contribution in [2.45, 2.75) is 19.1 Å². The molecule has 3 rings (SSSR count). The third-order valence-corrected chi connectivity index (χ3v) is 3.80. The number of primary amides is 1. The molecule has 0 bridgehead atoms. The van der Waals surface area contributed by atoms with Gasteiger partial charge in [-0.05, 0) is 31.3 Å². The molecular weight excluding hydrogens is 250 g/mol. The van der Waals surface area contributed by atoms with Crippen LogP contribution in [0.1, 0.15) is 6.92 Å². The number of amides is 2. The summed E-state index contributed by atoms with van der Waals surface area (Å²) in [5, 5.41) is 0.454. The molecule has 2 unspecified atom stereocenters. The molecule has 2 atom stereocenters. The molecule has 94 valence electrons. The van der Waals surface area contributed by atoms with Crippen molar-refractivity contribution < 1.29 is 9.53 Å². The summed E-state index contributed by atoms with van der Waals surface area (Å²) >= 11 is 5.34. The number of rotatable bonds is 0. The van der Waals surface area contributed by atoms with Crippen LogP contribution in [-0.4, -0.2) is 34.7 Å². The van der Waals surface area contributed by atoms with Crippen LogP contribution in [0.4, 0.5) is 10.5 Å². The molecule has 6 heteroatoms. The molecule has 0 aromatic heterocycles. The van der Waals surface area contributed by atoms with Gasteiger partial charge < -0.3 is 15.4 Å². The Labute approximate surface area is 110 Å². The molecule has 2 N–H and O–H groups in total. The van der Waals surface area contributed by atoms with Gasteiger partial charge in [0, 0.05) is 0 Å². The van der Waals surface area contributed by atoms with E-state index in [0.717, 1.165) is 11.4 Å². The van der Waals surface area contributed by atoms with Crippen LogP contribution in [0.2, 0.25) is 0 Å². The summed E-state index contributed by atoms with van der Waals surface area (Å²) in [7, 11) is 0. The Hall–Kier alpha value is -1.82. The van der Waals surface area contributed by atoms with E-state index in [9.17, 15) is 4.79 Å². The lowest BCUT2D eigenvalue weighted by molar-refractivity contribution is 0.175. The lowest BCUT2D eigenvalue weighted by atomic mass is 10.1. The molecule has 0 spiro atoms. The maximum Gasteiger partial charge on any atom is 0.321 e. The molecule has 2 amide bonds. The molecule has 1 saturated heterocycles. The highest BCUT2D eigenvalue weighted by atomic mass is 32.1. The Kier molecular flexibility index (Phi) is 2.41. The van der Waals surface area contributed by atoms with Gasteiger partial charge in [-0.1, -0.05) is 12.1 Å². The number of carbonyl (C=O) groups is 1. The van der Waals surface area contributed by atoms with Crippen LogP contribution < -0.4 is 15.4 Å². The molecule has 18 heavy (non-hydrogen) atoms. The number of nitrogens with two attached hydrogens (primary N) is 1. The summed E-state index contributed by atoms with van der Waals surface area (Å²) in [5.74, 6) is 0.787. The molecule has 1 aromatic carbocycles. The van der Waals surface area contributed by atoms with E-state index in [4.69, 9.17) is 22.7 Å². The number of carbonyl (C=O) groups excluding carboxylic acids is 1. The second-order valence-corrected chi connectivity index (χ2v) is 4.82. The first-order valence-electron chi connectivity index (χ1n) is 5.75. The predicted molar refractivity (Wildman–Crippen MR) is 71.7 cm³/mol. The number of anilines is 1. The second-order valence-electron chi connectivity index (χ2n) is 4.46. The van der Waals surface area contributed by atoms with Crippen LogP contribution >= 0.6 is 12.2 Å². The van der Waals surface area contributed by atoms with E-state index in [1.54, 1.807) is 0 Å². The number of para-hydroxylation sites is 2.